The maximum Gasteiger partial charge on any atom is 0.328 e. The molecule has 1 aliphatic rings. The number of thioether (sulfide) groups is 1. The maximum atomic E-state index is 11.5. The van der Waals surface area contributed by atoms with Gasteiger partial charge in [-0.05, 0) is 30.3 Å². The van der Waals surface area contributed by atoms with Gasteiger partial charge in [0.05, 0.1) is 0 Å². The van der Waals surface area contributed by atoms with Gasteiger partial charge in [-0.3, -0.25) is 14.3 Å². The van der Waals surface area contributed by atoms with Gasteiger partial charge in [0, 0.05) is 12.7 Å². The van der Waals surface area contributed by atoms with Crippen molar-refractivity contribution in [3.8, 4) is 0 Å². The first-order valence-corrected chi connectivity index (χ1v) is 6.49. The van der Waals surface area contributed by atoms with E-state index in [1.54, 1.807) is 0 Å². The van der Waals surface area contributed by atoms with Crippen LogP contribution >= 0.6 is 11.8 Å². The highest BCUT2D eigenvalue weighted by atomic mass is 32.2. The fraction of sp³-hybridized carbons (Fsp3) is 0.600. The highest BCUT2D eigenvalue weighted by Gasteiger charge is 2.15. The summed E-state index contributed by atoms with van der Waals surface area (Å²) in [6, 6.07) is 0. The number of H-pyrrole nitrogens is 1. The molecule has 6 heteroatoms. The molecule has 0 bridgehead atoms. The zero-order valence-corrected chi connectivity index (χ0v) is 9.76. The lowest BCUT2D eigenvalue weighted by atomic mass is 10.1. The predicted octanol–water partition coefficient (Wildman–Crippen LogP) is 0.262. The number of aromatic nitrogens is 2. The second kappa shape index (κ2) is 4.78. The monoisotopic (exact) mass is 241 g/mol. The lowest BCUT2D eigenvalue weighted by Crippen LogP contribution is -2.33. The number of aromatic amines is 1. The van der Waals surface area contributed by atoms with Crippen molar-refractivity contribution in [3.63, 3.8) is 0 Å². The lowest BCUT2D eigenvalue weighted by molar-refractivity contribution is 0.434. The molecule has 2 heterocycles. The van der Waals surface area contributed by atoms with Crippen molar-refractivity contribution >= 4 is 17.4 Å². The molecule has 0 amide bonds. The summed E-state index contributed by atoms with van der Waals surface area (Å²) in [4.78, 5) is 24.8. The third kappa shape index (κ3) is 2.49. The standard InChI is InChI=1S/C10H15N3O2S/c11-8-5-13(10(15)12-9(8)14)4-7-2-1-3-16-6-7/h5,7H,1-4,6,11H2,(H,12,14,15). The molecule has 1 fully saturated rings. The zero-order chi connectivity index (χ0) is 11.5. The number of hydrogen-bond donors (Lipinski definition) is 2. The van der Waals surface area contributed by atoms with Gasteiger partial charge in [0.2, 0.25) is 0 Å². The summed E-state index contributed by atoms with van der Waals surface area (Å²) >= 11 is 1.92. The van der Waals surface area contributed by atoms with Crippen LogP contribution < -0.4 is 17.0 Å². The predicted molar refractivity (Wildman–Crippen MR) is 65.8 cm³/mol. The molecule has 0 spiro atoms. The SMILES string of the molecule is Nc1cn(CC2CCCSC2)c(=O)[nH]c1=O. The van der Waals surface area contributed by atoms with E-state index in [4.69, 9.17) is 5.73 Å². The summed E-state index contributed by atoms with van der Waals surface area (Å²) in [5, 5.41) is 0. The minimum absolute atomic E-state index is 0.100. The second-order valence-electron chi connectivity index (χ2n) is 4.08. The summed E-state index contributed by atoms with van der Waals surface area (Å²) in [7, 11) is 0. The topological polar surface area (TPSA) is 80.9 Å². The molecular weight excluding hydrogens is 226 g/mol. The largest absolute Gasteiger partial charge is 0.393 e. The summed E-state index contributed by atoms with van der Waals surface area (Å²) < 4.78 is 1.51. The van der Waals surface area contributed by atoms with Crippen molar-refractivity contribution in [2.75, 3.05) is 17.2 Å². The number of nitrogens with one attached hydrogen (secondary N) is 1. The zero-order valence-electron chi connectivity index (χ0n) is 8.94. The van der Waals surface area contributed by atoms with E-state index in [2.05, 4.69) is 4.98 Å². The minimum Gasteiger partial charge on any atom is -0.393 e. The van der Waals surface area contributed by atoms with Crippen molar-refractivity contribution in [2.45, 2.75) is 19.4 Å². The van der Waals surface area contributed by atoms with E-state index in [0.29, 0.717) is 12.5 Å². The van der Waals surface area contributed by atoms with Gasteiger partial charge < -0.3 is 5.73 Å². The van der Waals surface area contributed by atoms with Crippen LogP contribution in [-0.2, 0) is 6.54 Å². The first kappa shape index (κ1) is 11.3. The van der Waals surface area contributed by atoms with Crippen LogP contribution in [0.4, 0.5) is 5.69 Å². The minimum atomic E-state index is -0.501. The normalized spacial score (nSPS) is 20.9. The fourth-order valence-electron chi connectivity index (χ4n) is 1.89. The van der Waals surface area contributed by atoms with Gasteiger partial charge in [0.1, 0.15) is 5.69 Å². The Morgan fingerprint density at radius 3 is 3.06 bits per heavy atom. The van der Waals surface area contributed by atoms with Crippen molar-refractivity contribution in [3.05, 3.63) is 27.0 Å². The summed E-state index contributed by atoms with van der Waals surface area (Å²) in [5.74, 6) is 2.78. The third-order valence-corrected chi connectivity index (χ3v) is 4.03. The molecule has 1 aromatic heterocycles. The molecule has 5 nitrogen and oxygen atoms in total. The molecule has 0 saturated carbocycles. The number of rotatable bonds is 2. The molecule has 0 aromatic carbocycles. The Hall–Kier alpha value is -1.17. The Labute approximate surface area is 97.1 Å². The quantitative estimate of drug-likeness (QED) is 0.778. The highest BCUT2D eigenvalue weighted by molar-refractivity contribution is 7.99. The third-order valence-electron chi connectivity index (χ3n) is 2.75. The van der Waals surface area contributed by atoms with Crippen LogP contribution in [0.2, 0.25) is 0 Å². The Morgan fingerprint density at radius 1 is 1.56 bits per heavy atom. The van der Waals surface area contributed by atoms with E-state index < -0.39 is 5.56 Å². The average Bonchev–Trinajstić information content (AvgIpc) is 2.27. The summed E-state index contributed by atoms with van der Waals surface area (Å²) in [6.07, 6.45) is 3.78. The van der Waals surface area contributed by atoms with E-state index in [0.717, 1.165) is 12.2 Å². The van der Waals surface area contributed by atoms with Gasteiger partial charge >= 0.3 is 5.69 Å². The molecule has 0 aliphatic carbocycles. The van der Waals surface area contributed by atoms with Crippen molar-refractivity contribution in [2.24, 2.45) is 5.92 Å². The number of anilines is 1. The highest BCUT2D eigenvalue weighted by Crippen LogP contribution is 2.23. The Bertz CT molecular complexity index is 474. The summed E-state index contributed by atoms with van der Waals surface area (Å²) in [5.41, 5.74) is 4.72. The molecular formula is C10H15N3O2S. The van der Waals surface area contributed by atoms with Gasteiger partial charge in [-0.1, -0.05) is 0 Å². The number of nitrogens with zero attached hydrogens (tertiary/aromatic N) is 1. The molecule has 88 valence electrons. The van der Waals surface area contributed by atoms with Crippen LogP contribution in [0.15, 0.2) is 15.8 Å². The molecule has 3 N–H and O–H groups in total. The van der Waals surface area contributed by atoms with E-state index >= 15 is 0 Å². The van der Waals surface area contributed by atoms with Crippen molar-refractivity contribution in [1.82, 2.24) is 9.55 Å². The Morgan fingerprint density at radius 2 is 2.38 bits per heavy atom. The van der Waals surface area contributed by atoms with Crippen LogP contribution in [0, 0.1) is 5.92 Å². The number of hydrogen-bond acceptors (Lipinski definition) is 4. The van der Waals surface area contributed by atoms with E-state index in [1.807, 2.05) is 11.8 Å². The van der Waals surface area contributed by atoms with Gasteiger partial charge in [-0.2, -0.15) is 11.8 Å². The van der Waals surface area contributed by atoms with E-state index in [9.17, 15) is 9.59 Å². The number of nitrogen functional groups attached to an aromatic ring is 1. The Balaban J connectivity index is 2.17. The van der Waals surface area contributed by atoms with Gasteiger partial charge in [0.25, 0.3) is 5.56 Å². The average molecular weight is 241 g/mol. The fourth-order valence-corrected chi connectivity index (χ4v) is 3.03. The maximum absolute atomic E-state index is 11.5. The Kier molecular flexibility index (Phi) is 3.38. The first-order chi connectivity index (χ1) is 7.66. The molecule has 1 atom stereocenters. The van der Waals surface area contributed by atoms with Crippen LogP contribution in [0.5, 0.6) is 0 Å². The smallest absolute Gasteiger partial charge is 0.328 e. The molecule has 1 aromatic rings. The summed E-state index contributed by atoms with van der Waals surface area (Å²) in [6.45, 7) is 0.646. The van der Waals surface area contributed by atoms with E-state index in [-0.39, 0.29) is 11.4 Å². The molecule has 1 aliphatic heterocycles. The second-order valence-corrected chi connectivity index (χ2v) is 5.23. The van der Waals surface area contributed by atoms with Crippen LogP contribution in [0.1, 0.15) is 12.8 Å². The van der Waals surface area contributed by atoms with Crippen LogP contribution in [0.3, 0.4) is 0 Å². The van der Waals surface area contributed by atoms with Gasteiger partial charge in [0.15, 0.2) is 0 Å². The first-order valence-electron chi connectivity index (χ1n) is 5.34. The molecule has 1 unspecified atom stereocenters. The van der Waals surface area contributed by atoms with Gasteiger partial charge in [-0.15, -0.1) is 0 Å². The van der Waals surface area contributed by atoms with Crippen LogP contribution in [0.25, 0.3) is 0 Å². The molecule has 2 rings (SSSR count). The van der Waals surface area contributed by atoms with E-state index in [1.165, 1.54) is 22.9 Å². The lowest BCUT2D eigenvalue weighted by Gasteiger charge is -2.21. The molecule has 1 saturated heterocycles. The van der Waals surface area contributed by atoms with Crippen LogP contribution in [-0.4, -0.2) is 21.1 Å². The number of nitrogens with two attached hydrogens (primary N) is 1. The van der Waals surface area contributed by atoms with Crippen molar-refractivity contribution in [1.29, 1.82) is 0 Å². The molecule has 16 heavy (non-hydrogen) atoms. The molecule has 0 radical (unpaired) electrons. The van der Waals surface area contributed by atoms with Gasteiger partial charge in [-0.25, -0.2) is 4.79 Å². The van der Waals surface area contributed by atoms with Crippen molar-refractivity contribution < 1.29 is 0 Å².